The van der Waals surface area contributed by atoms with E-state index in [1.54, 1.807) is 0 Å². The normalized spacial score (nSPS) is 26.5. The molecule has 1 rings (SSSR count). The van der Waals surface area contributed by atoms with Crippen molar-refractivity contribution < 1.29 is 17.9 Å². The lowest BCUT2D eigenvalue weighted by Crippen LogP contribution is -2.56. The molecule has 18 heavy (non-hydrogen) atoms. The van der Waals surface area contributed by atoms with Gasteiger partial charge in [-0.25, -0.2) is 0 Å². The number of ether oxygens (including phenoxy) is 1. The molecule has 2 atom stereocenters. The molecule has 0 amide bonds. The van der Waals surface area contributed by atoms with E-state index in [-0.39, 0.29) is 6.61 Å². The zero-order valence-electron chi connectivity index (χ0n) is 11.1. The van der Waals surface area contributed by atoms with Gasteiger partial charge >= 0.3 is 6.36 Å². The summed E-state index contributed by atoms with van der Waals surface area (Å²) in [6, 6.07) is 0.707. The first-order chi connectivity index (χ1) is 8.46. The van der Waals surface area contributed by atoms with E-state index in [2.05, 4.69) is 28.8 Å². The van der Waals surface area contributed by atoms with Crippen molar-refractivity contribution in [2.75, 3.05) is 26.2 Å². The van der Waals surface area contributed by atoms with E-state index in [0.717, 1.165) is 32.4 Å². The monoisotopic (exact) mass is 268 g/mol. The average Bonchev–Trinajstić information content (AvgIpc) is 2.28. The summed E-state index contributed by atoms with van der Waals surface area (Å²) >= 11 is 0. The molecule has 0 aromatic carbocycles. The summed E-state index contributed by atoms with van der Waals surface area (Å²) in [5.41, 5.74) is 0. The predicted molar refractivity (Wildman–Crippen MR) is 64.4 cm³/mol. The number of nitrogens with zero attached hydrogens (tertiary/aromatic N) is 1. The van der Waals surface area contributed by atoms with Gasteiger partial charge < -0.3 is 5.32 Å². The molecule has 2 unspecified atom stereocenters. The fraction of sp³-hybridized carbons (Fsp3) is 1.00. The third kappa shape index (κ3) is 5.54. The van der Waals surface area contributed by atoms with Gasteiger partial charge in [-0.3, -0.25) is 9.64 Å². The van der Waals surface area contributed by atoms with Crippen LogP contribution in [0.4, 0.5) is 13.2 Å². The van der Waals surface area contributed by atoms with E-state index in [1.165, 1.54) is 0 Å². The minimum Gasteiger partial charge on any atom is -0.311 e. The van der Waals surface area contributed by atoms with E-state index in [1.807, 2.05) is 0 Å². The average molecular weight is 268 g/mol. The van der Waals surface area contributed by atoms with E-state index in [9.17, 15) is 13.2 Å². The summed E-state index contributed by atoms with van der Waals surface area (Å²) in [7, 11) is 0. The molecular formula is C12H23F3N2O. The molecule has 108 valence electrons. The maximum atomic E-state index is 11.9. The lowest BCUT2D eigenvalue weighted by molar-refractivity contribution is -0.325. The molecule has 1 aliphatic rings. The molecule has 0 saturated carbocycles. The maximum absolute atomic E-state index is 11.9. The Hall–Kier alpha value is -0.330. The van der Waals surface area contributed by atoms with Crippen LogP contribution < -0.4 is 5.32 Å². The highest BCUT2D eigenvalue weighted by atomic mass is 19.4. The largest absolute Gasteiger partial charge is 0.522 e. The molecule has 1 N–H and O–H groups in total. The SMILES string of the molecule is CCCC1CN(CCOC(F)(F)F)C(CC)CN1. The van der Waals surface area contributed by atoms with Crippen molar-refractivity contribution in [3.8, 4) is 0 Å². The highest BCUT2D eigenvalue weighted by Crippen LogP contribution is 2.17. The molecule has 3 nitrogen and oxygen atoms in total. The lowest BCUT2D eigenvalue weighted by atomic mass is 10.0. The molecule has 6 heteroatoms. The van der Waals surface area contributed by atoms with Crippen molar-refractivity contribution in [3.05, 3.63) is 0 Å². The summed E-state index contributed by atoms with van der Waals surface area (Å²) in [4.78, 5) is 2.11. The second kappa shape index (κ2) is 7.31. The van der Waals surface area contributed by atoms with E-state index in [0.29, 0.717) is 18.6 Å². The van der Waals surface area contributed by atoms with Crippen LogP contribution in [0.1, 0.15) is 33.1 Å². The number of hydrogen-bond acceptors (Lipinski definition) is 3. The Balaban J connectivity index is 2.37. The lowest BCUT2D eigenvalue weighted by Gasteiger charge is -2.40. The zero-order chi connectivity index (χ0) is 13.6. The Labute approximate surface area is 107 Å². The molecular weight excluding hydrogens is 245 g/mol. The number of nitrogens with one attached hydrogen (secondary N) is 1. The Morgan fingerprint density at radius 2 is 2.06 bits per heavy atom. The van der Waals surface area contributed by atoms with Crippen LogP contribution in [0.3, 0.4) is 0 Å². The van der Waals surface area contributed by atoms with Gasteiger partial charge in [0.1, 0.15) is 0 Å². The van der Waals surface area contributed by atoms with Crippen LogP contribution in [0, 0.1) is 0 Å². The summed E-state index contributed by atoms with van der Waals surface area (Å²) < 4.78 is 39.7. The molecule has 1 saturated heterocycles. The highest BCUT2D eigenvalue weighted by Gasteiger charge is 2.31. The topological polar surface area (TPSA) is 24.5 Å². The van der Waals surface area contributed by atoms with Crippen LogP contribution in [-0.2, 0) is 4.74 Å². The van der Waals surface area contributed by atoms with Crippen LogP contribution in [0.5, 0.6) is 0 Å². The summed E-state index contributed by atoms with van der Waals surface area (Å²) in [6.45, 7) is 5.91. The standard InChI is InChI=1S/C12H23F3N2O/c1-3-5-10-9-17(11(4-2)8-16-10)6-7-18-12(13,14)15/h10-11,16H,3-9H2,1-2H3. The minimum atomic E-state index is -4.52. The van der Waals surface area contributed by atoms with Gasteiger partial charge in [-0.1, -0.05) is 20.3 Å². The fourth-order valence-corrected chi connectivity index (χ4v) is 2.43. The molecule has 1 fully saturated rings. The Morgan fingerprint density at radius 1 is 1.33 bits per heavy atom. The van der Waals surface area contributed by atoms with Gasteiger partial charge in [0.05, 0.1) is 6.61 Å². The molecule has 0 radical (unpaired) electrons. The van der Waals surface area contributed by atoms with Gasteiger partial charge in [0.25, 0.3) is 0 Å². The van der Waals surface area contributed by atoms with Crippen molar-refractivity contribution in [1.82, 2.24) is 10.2 Å². The minimum absolute atomic E-state index is 0.279. The second-order valence-electron chi connectivity index (χ2n) is 4.75. The Kier molecular flexibility index (Phi) is 6.38. The quantitative estimate of drug-likeness (QED) is 0.800. The second-order valence-corrected chi connectivity index (χ2v) is 4.75. The van der Waals surface area contributed by atoms with E-state index in [4.69, 9.17) is 0 Å². The Bertz CT molecular complexity index is 236. The van der Waals surface area contributed by atoms with Crippen LogP contribution in [-0.4, -0.2) is 49.6 Å². The van der Waals surface area contributed by atoms with Gasteiger partial charge in [0, 0.05) is 31.7 Å². The summed E-state index contributed by atoms with van der Waals surface area (Å²) in [5.74, 6) is 0. The Morgan fingerprint density at radius 3 is 2.61 bits per heavy atom. The number of halogens is 3. The maximum Gasteiger partial charge on any atom is 0.522 e. The molecule has 0 aromatic heterocycles. The first kappa shape index (κ1) is 15.7. The van der Waals surface area contributed by atoms with Crippen molar-refractivity contribution in [3.63, 3.8) is 0 Å². The van der Waals surface area contributed by atoms with Crippen molar-refractivity contribution in [1.29, 1.82) is 0 Å². The molecule has 1 aliphatic heterocycles. The number of piperazine rings is 1. The predicted octanol–water partition coefficient (Wildman–Crippen LogP) is 2.38. The molecule has 0 aliphatic carbocycles. The number of hydrogen-bond donors (Lipinski definition) is 1. The van der Waals surface area contributed by atoms with E-state index < -0.39 is 6.36 Å². The van der Waals surface area contributed by atoms with Gasteiger partial charge in [-0.2, -0.15) is 0 Å². The molecule has 0 spiro atoms. The van der Waals surface area contributed by atoms with Crippen LogP contribution in [0.25, 0.3) is 0 Å². The number of rotatable bonds is 6. The smallest absolute Gasteiger partial charge is 0.311 e. The van der Waals surface area contributed by atoms with E-state index >= 15 is 0 Å². The van der Waals surface area contributed by atoms with Crippen molar-refractivity contribution in [2.24, 2.45) is 0 Å². The summed E-state index contributed by atoms with van der Waals surface area (Å²) in [5, 5.41) is 3.45. The zero-order valence-corrected chi connectivity index (χ0v) is 11.1. The first-order valence-corrected chi connectivity index (χ1v) is 6.64. The van der Waals surface area contributed by atoms with Gasteiger partial charge in [-0.05, 0) is 12.8 Å². The third-order valence-corrected chi connectivity index (χ3v) is 3.37. The van der Waals surface area contributed by atoms with Gasteiger partial charge in [0.15, 0.2) is 0 Å². The van der Waals surface area contributed by atoms with Crippen LogP contribution in [0.15, 0.2) is 0 Å². The van der Waals surface area contributed by atoms with Crippen molar-refractivity contribution >= 4 is 0 Å². The van der Waals surface area contributed by atoms with Gasteiger partial charge in [0.2, 0.25) is 0 Å². The van der Waals surface area contributed by atoms with Crippen molar-refractivity contribution in [2.45, 2.75) is 51.6 Å². The first-order valence-electron chi connectivity index (χ1n) is 6.64. The summed E-state index contributed by atoms with van der Waals surface area (Å²) in [6.07, 6.45) is -1.43. The third-order valence-electron chi connectivity index (χ3n) is 3.37. The van der Waals surface area contributed by atoms with Gasteiger partial charge in [-0.15, -0.1) is 13.2 Å². The van der Waals surface area contributed by atoms with Crippen LogP contribution >= 0.6 is 0 Å². The molecule has 1 heterocycles. The molecule has 0 bridgehead atoms. The highest BCUT2D eigenvalue weighted by molar-refractivity contribution is 4.85. The van der Waals surface area contributed by atoms with Crippen LogP contribution in [0.2, 0.25) is 0 Å². The molecule has 0 aromatic rings. The fourth-order valence-electron chi connectivity index (χ4n) is 2.43. The number of alkyl halides is 3.